The summed E-state index contributed by atoms with van der Waals surface area (Å²) in [5.41, 5.74) is 1.38. The van der Waals surface area contributed by atoms with Gasteiger partial charge in [0.1, 0.15) is 5.82 Å². The lowest BCUT2D eigenvalue weighted by molar-refractivity contribution is -0.118. The van der Waals surface area contributed by atoms with E-state index in [0.29, 0.717) is 12.1 Å². The van der Waals surface area contributed by atoms with Gasteiger partial charge in [-0.25, -0.2) is 4.39 Å². The van der Waals surface area contributed by atoms with Gasteiger partial charge in [-0.15, -0.1) is 0 Å². The first-order valence-electron chi connectivity index (χ1n) is 4.74. The minimum atomic E-state index is -0.305. The quantitative estimate of drug-likeness (QED) is 0.618. The largest absolute Gasteiger partial charge is 0.313 e. The normalized spacial score (nSPS) is 16.4. The van der Waals surface area contributed by atoms with Crippen molar-refractivity contribution < 1.29 is 9.18 Å². The highest BCUT2D eigenvalue weighted by Gasteiger charge is 2.21. The first kappa shape index (κ1) is 9.19. The van der Waals surface area contributed by atoms with Crippen molar-refractivity contribution in [2.24, 2.45) is 0 Å². The Labute approximate surface area is 82.3 Å². The number of carbonyl (C=O) groups is 1. The number of rotatable bonds is 0. The molecule has 0 radical (unpaired) electrons. The number of nitrogens with zero attached hydrogens (tertiary/aromatic N) is 1. The molecule has 2 nitrogen and oxygen atoms in total. The van der Waals surface area contributed by atoms with Gasteiger partial charge in [0.2, 0.25) is 5.91 Å². The third kappa shape index (κ3) is 1.39. The van der Waals surface area contributed by atoms with Crippen LogP contribution in [0.25, 0.3) is 0 Å². The highest BCUT2D eigenvalue weighted by molar-refractivity contribution is 5.94. The molecular weight excluding hydrogens is 181 g/mol. The van der Waals surface area contributed by atoms with Crippen LogP contribution in [0, 0.1) is 5.82 Å². The van der Waals surface area contributed by atoms with Crippen LogP contribution < -0.4 is 4.90 Å². The van der Waals surface area contributed by atoms with E-state index in [-0.39, 0.29) is 11.7 Å². The van der Waals surface area contributed by atoms with Gasteiger partial charge in [-0.1, -0.05) is 12.1 Å². The second kappa shape index (κ2) is 3.40. The Morgan fingerprint density at radius 2 is 2.14 bits per heavy atom. The first-order chi connectivity index (χ1) is 6.70. The van der Waals surface area contributed by atoms with Crippen LogP contribution in [0.4, 0.5) is 10.1 Å². The average molecular weight is 193 g/mol. The molecule has 0 N–H and O–H groups in total. The van der Waals surface area contributed by atoms with Crippen LogP contribution in [0.5, 0.6) is 0 Å². The molecule has 74 valence electrons. The number of hydrogen-bond acceptors (Lipinski definition) is 1. The van der Waals surface area contributed by atoms with Crippen LogP contribution in [0.3, 0.4) is 0 Å². The number of hydrogen-bond donors (Lipinski definition) is 0. The van der Waals surface area contributed by atoms with E-state index in [4.69, 9.17) is 0 Å². The molecule has 0 spiro atoms. The fourth-order valence-electron chi connectivity index (χ4n) is 1.86. The third-order valence-corrected chi connectivity index (χ3v) is 2.62. The van der Waals surface area contributed by atoms with E-state index in [1.165, 1.54) is 11.0 Å². The van der Waals surface area contributed by atoms with Crippen molar-refractivity contribution in [2.45, 2.75) is 19.3 Å². The fraction of sp³-hybridized carbons (Fsp3) is 0.364. The molecule has 1 aliphatic rings. The second-order valence-electron chi connectivity index (χ2n) is 3.55. The minimum absolute atomic E-state index is 0.00569. The summed E-state index contributed by atoms with van der Waals surface area (Å²) < 4.78 is 13.5. The number of amides is 1. The van der Waals surface area contributed by atoms with Crippen molar-refractivity contribution in [1.82, 2.24) is 0 Å². The summed E-state index contributed by atoms with van der Waals surface area (Å²) in [6.07, 6.45) is 2.09. The van der Waals surface area contributed by atoms with E-state index in [1.54, 1.807) is 13.1 Å². The van der Waals surface area contributed by atoms with Crippen LogP contribution in [-0.4, -0.2) is 13.0 Å². The van der Waals surface area contributed by atoms with Gasteiger partial charge >= 0.3 is 0 Å². The maximum absolute atomic E-state index is 13.5. The van der Waals surface area contributed by atoms with E-state index in [0.717, 1.165) is 18.4 Å². The highest BCUT2D eigenvalue weighted by Crippen LogP contribution is 2.28. The fourth-order valence-corrected chi connectivity index (χ4v) is 1.86. The van der Waals surface area contributed by atoms with Crippen LogP contribution in [0.1, 0.15) is 18.4 Å². The molecule has 0 saturated carbocycles. The van der Waals surface area contributed by atoms with Gasteiger partial charge in [0, 0.05) is 13.5 Å². The molecule has 2 rings (SSSR count). The lowest BCUT2D eigenvalue weighted by atomic mass is 10.1. The molecule has 1 aliphatic heterocycles. The van der Waals surface area contributed by atoms with E-state index in [2.05, 4.69) is 0 Å². The van der Waals surface area contributed by atoms with Gasteiger partial charge in [0.05, 0.1) is 5.69 Å². The molecular formula is C11H12FNO. The maximum Gasteiger partial charge on any atom is 0.226 e. The standard InChI is InChI=1S/C11H12FNO/c1-13-10(14)7-3-5-8-4-2-6-9(12)11(8)13/h2,4,6H,3,5,7H2,1H3. The minimum Gasteiger partial charge on any atom is -0.313 e. The Hall–Kier alpha value is -1.38. The summed E-state index contributed by atoms with van der Waals surface area (Å²) in [6, 6.07) is 4.97. The molecule has 1 aromatic carbocycles. The van der Waals surface area contributed by atoms with Gasteiger partial charge in [-0.3, -0.25) is 4.79 Å². The van der Waals surface area contributed by atoms with Gasteiger partial charge in [0.25, 0.3) is 0 Å². The summed E-state index contributed by atoms with van der Waals surface area (Å²) in [5.74, 6) is -0.311. The average Bonchev–Trinajstić information content (AvgIpc) is 2.29. The number of para-hydroxylation sites is 1. The topological polar surface area (TPSA) is 20.3 Å². The Kier molecular flexibility index (Phi) is 2.23. The zero-order valence-electron chi connectivity index (χ0n) is 8.09. The van der Waals surface area contributed by atoms with Crippen molar-refractivity contribution in [2.75, 3.05) is 11.9 Å². The summed E-state index contributed by atoms with van der Waals surface area (Å²) in [7, 11) is 1.63. The van der Waals surface area contributed by atoms with Gasteiger partial charge in [-0.05, 0) is 24.5 Å². The lowest BCUT2D eigenvalue weighted by Gasteiger charge is -2.17. The molecule has 0 aromatic heterocycles. The van der Waals surface area contributed by atoms with E-state index in [9.17, 15) is 9.18 Å². The SMILES string of the molecule is CN1C(=O)CCCc2cccc(F)c21. The van der Waals surface area contributed by atoms with Crippen LogP contribution >= 0.6 is 0 Å². The number of anilines is 1. The molecule has 0 bridgehead atoms. The van der Waals surface area contributed by atoms with Gasteiger partial charge in [0.15, 0.2) is 0 Å². The van der Waals surface area contributed by atoms with E-state index >= 15 is 0 Å². The van der Waals surface area contributed by atoms with Crippen LogP contribution in [0.2, 0.25) is 0 Å². The Bertz CT molecular complexity index is 376. The Balaban J connectivity index is 2.55. The summed E-state index contributed by atoms with van der Waals surface area (Å²) in [4.78, 5) is 12.9. The monoisotopic (exact) mass is 193 g/mol. The summed E-state index contributed by atoms with van der Waals surface area (Å²) >= 11 is 0. The highest BCUT2D eigenvalue weighted by atomic mass is 19.1. The van der Waals surface area contributed by atoms with Gasteiger partial charge in [-0.2, -0.15) is 0 Å². The molecule has 1 heterocycles. The van der Waals surface area contributed by atoms with E-state index in [1.807, 2.05) is 6.07 Å². The van der Waals surface area contributed by atoms with Crippen molar-refractivity contribution >= 4 is 11.6 Å². The maximum atomic E-state index is 13.5. The smallest absolute Gasteiger partial charge is 0.226 e. The third-order valence-electron chi connectivity index (χ3n) is 2.62. The second-order valence-corrected chi connectivity index (χ2v) is 3.55. The molecule has 1 amide bonds. The Morgan fingerprint density at radius 3 is 2.93 bits per heavy atom. The number of fused-ring (bicyclic) bond motifs is 1. The number of carbonyl (C=O) groups excluding carboxylic acids is 1. The lowest BCUT2D eigenvalue weighted by Crippen LogP contribution is -2.25. The summed E-state index contributed by atoms with van der Waals surface area (Å²) in [6.45, 7) is 0. The van der Waals surface area contributed by atoms with Crippen LogP contribution in [0.15, 0.2) is 18.2 Å². The molecule has 0 unspecified atom stereocenters. The van der Waals surface area contributed by atoms with Crippen molar-refractivity contribution in [3.63, 3.8) is 0 Å². The Morgan fingerprint density at radius 1 is 1.36 bits per heavy atom. The van der Waals surface area contributed by atoms with Crippen molar-refractivity contribution in [3.8, 4) is 0 Å². The van der Waals surface area contributed by atoms with Crippen LogP contribution in [-0.2, 0) is 11.2 Å². The number of benzene rings is 1. The van der Waals surface area contributed by atoms with Crippen molar-refractivity contribution in [3.05, 3.63) is 29.6 Å². The predicted molar refractivity (Wildman–Crippen MR) is 52.7 cm³/mol. The molecule has 14 heavy (non-hydrogen) atoms. The molecule has 1 aromatic rings. The predicted octanol–water partition coefficient (Wildman–Crippen LogP) is 2.12. The zero-order valence-corrected chi connectivity index (χ0v) is 8.09. The first-order valence-corrected chi connectivity index (χ1v) is 4.74. The molecule has 3 heteroatoms. The summed E-state index contributed by atoms with van der Waals surface area (Å²) in [5, 5.41) is 0. The molecule has 0 aliphatic carbocycles. The van der Waals surface area contributed by atoms with Crippen molar-refractivity contribution in [1.29, 1.82) is 0 Å². The molecule has 0 saturated heterocycles. The molecule has 0 fully saturated rings. The number of aryl methyl sites for hydroxylation is 1. The number of halogens is 1. The van der Waals surface area contributed by atoms with Gasteiger partial charge < -0.3 is 4.90 Å². The molecule has 0 atom stereocenters. The zero-order chi connectivity index (χ0) is 10.1. The van der Waals surface area contributed by atoms with E-state index < -0.39 is 0 Å².